The summed E-state index contributed by atoms with van der Waals surface area (Å²) in [6.07, 6.45) is -3.26. The molecule has 0 amide bonds. The van der Waals surface area contributed by atoms with Crippen molar-refractivity contribution in [3.8, 4) is 6.07 Å². The van der Waals surface area contributed by atoms with E-state index in [4.69, 9.17) is 27.1 Å². The molecule has 1 rings (SSSR count). The SMILES string of the molecule is N#CC(O)C(O)c1ccc(Cl)cc1C(=O)O. The first-order valence-electron chi connectivity index (χ1n) is 4.26. The van der Waals surface area contributed by atoms with Crippen LogP contribution in [-0.2, 0) is 0 Å². The number of aromatic carboxylic acids is 1. The summed E-state index contributed by atoms with van der Waals surface area (Å²) >= 11 is 5.61. The summed E-state index contributed by atoms with van der Waals surface area (Å²) in [5, 5.41) is 36.1. The van der Waals surface area contributed by atoms with Crippen LogP contribution in [0.2, 0.25) is 5.02 Å². The van der Waals surface area contributed by atoms with E-state index in [2.05, 4.69) is 0 Å². The first-order valence-corrected chi connectivity index (χ1v) is 4.63. The first kappa shape index (κ1) is 12.5. The highest BCUT2D eigenvalue weighted by atomic mass is 35.5. The predicted molar refractivity (Wildman–Crippen MR) is 55.0 cm³/mol. The molecule has 84 valence electrons. The zero-order chi connectivity index (χ0) is 12.3. The monoisotopic (exact) mass is 241 g/mol. The van der Waals surface area contributed by atoms with Gasteiger partial charge in [-0.05, 0) is 17.7 Å². The second-order valence-corrected chi connectivity index (χ2v) is 3.49. The van der Waals surface area contributed by atoms with Gasteiger partial charge in [-0.3, -0.25) is 0 Å². The third-order valence-electron chi connectivity index (χ3n) is 2.00. The molecular weight excluding hydrogens is 234 g/mol. The lowest BCUT2D eigenvalue weighted by molar-refractivity contribution is 0.0498. The summed E-state index contributed by atoms with van der Waals surface area (Å²) in [6, 6.07) is 5.20. The van der Waals surface area contributed by atoms with Crippen molar-refractivity contribution in [3.63, 3.8) is 0 Å². The van der Waals surface area contributed by atoms with Crippen LogP contribution in [0.15, 0.2) is 18.2 Å². The lowest BCUT2D eigenvalue weighted by atomic mass is 9.99. The third kappa shape index (κ3) is 2.49. The zero-order valence-corrected chi connectivity index (χ0v) is 8.72. The van der Waals surface area contributed by atoms with E-state index in [-0.39, 0.29) is 16.1 Å². The van der Waals surface area contributed by atoms with E-state index in [1.165, 1.54) is 18.2 Å². The molecule has 0 spiro atoms. The van der Waals surface area contributed by atoms with E-state index >= 15 is 0 Å². The van der Waals surface area contributed by atoms with Gasteiger partial charge in [-0.25, -0.2) is 4.79 Å². The van der Waals surface area contributed by atoms with Crippen molar-refractivity contribution < 1.29 is 20.1 Å². The molecule has 0 saturated carbocycles. The number of aliphatic hydroxyl groups is 2. The molecule has 0 aliphatic carbocycles. The Labute approximate surface area is 96.1 Å². The van der Waals surface area contributed by atoms with Crippen molar-refractivity contribution in [2.75, 3.05) is 0 Å². The number of carbonyl (C=O) groups is 1. The third-order valence-corrected chi connectivity index (χ3v) is 2.23. The normalized spacial score (nSPS) is 13.9. The number of hydrogen-bond acceptors (Lipinski definition) is 4. The molecule has 0 radical (unpaired) electrons. The van der Waals surface area contributed by atoms with Gasteiger partial charge in [0, 0.05) is 5.02 Å². The fraction of sp³-hybridized carbons (Fsp3) is 0.200. The number of benzene rings is 1. The van der Waals surface area contributed by atoms with Gasteiger partial charge in [0.25, 0.3) is 0 Å². The standard InChI is InChI=1S/C10H8ClNO4/c11-5-1-2-6(7(3-5)10(15)16)9(14)8(13)4-12/h1-3,8-9,13-14H,(H,15,16). The molecule has 0 fully saturated rings. The van der Waals surface area contributed by atoms with Crippen LogP contribution >= 0.6 is 11.6 Å². The highest BCUT2D eigenvalue weighted by Gasteiger charge is 2.23. The average Bonchev–Trinajstić information content (AvgIpc) is 2.26. The topological polar surface area (TPSA) is 102 Å². The lowest BCUT2D eigenvalue weighted by Gasteiger charge is -2.14. The molecule has 3 N–H and O–H groups in total. The highest BCUT2D eigenvalue weighted by molar-refractivity contribution is 6.30. The Kier molecular flexibility index (Phi) is 3.85. The fourth-order valence-electron chi connectivity index (χ4n) is 1.21. The maximum atomic E-state index is 10.9. The number of rotatable bonds is 3. The smallest absolute Gasteiger partial charge is 0.336 e. The predicted octanol–water partition coefficient (Wildman–Crippen LogP) is 0.956. The molecule has 0 aliphatic rings. The summed E-state index contributed by atoms with van der Waals surface area (Å²) in [4.78, 5) is 10.9. The van der Waals surface area contributed by atoms with Crippen molar-refractivity contribution in [1.82, 2.24) is 0 Å². The molecule has 1 aromatic rings. The van der Waals surface area contributed by atoms with Gasteiger partial charge in [0.15, 0.2) is 6.10 Å². The average molecular weight is 242 g/mol. The molecule has 2 atom stereocenters. The highest BCUT2D eigenvalue weighted by Crippen LogP contribution is 2.24. The molecule has 0 saturated heterocycles. The quantitative estimate of drug-likeness (QED) is 0.684. The van der Waals surface area contributed by atoms with Crippen molar-refractivity contribution in [2.45, 2.75) is 12.2 Å². The summed E-state index contributed by atoms with van der Waals surface area (Å²) in [5.74, 6) is -1.29. The Hall–Kier alpha value is -1.61. The molecule has 2 unspecified atom stereocenters. The molecule has 16 heavy (non-hydrogen) atoms. The molecule has 0 aliphatic heterocycles. The Morgan fingerprint density at radius 2 is 2.06 bits per heavy atom. The number of hydrogen-bond donors (Lipinski definition) is 3. The van der Waals surface area contributed by atoms with Crippen molar-refractivity contribution >= 4 is 17.6 Å². The van der Waals surface area contributed by atoms with Crippen LogP contribution in [0.25, 0.3) is 0 Å². The number of nitriles is 1. The van der Waals surface area contributed by atoms with Crippen LogP contribution in [0, 0.1) is 11.3 Å². The van der Waals surface area contributed by atoms with Gasteiger partial charge in [0.1, 0.15) is 6.10 Å². The minimum Gasteiger partial charge on any atom is -0.478 e. The molecule has 0 aromatic heterocycles. The van der Waals surface area contributed by atoms with E-state index in [9.17, 15) is 9.90 Å². The minimum absolute atomic E-state index is 0.0500. The van der Waals surface area contributed by atoms with Gasteiger partial charge in [0.05, 0.1) is 11.6 Å². The van der Waals surface area contributed by atoms with E-state index < -0.39 is 18.2 Å². The summed E-state index contributed by atoms with van der Waals surface area (Å²) in [6.45, 7) is 0. The second kappa shape index (κ2) is 4.94. The van der Waals surface area contributed by atoms with Crippen LogP contribution in [0.3, 0.4) is 0 Å². The molecule has 1 aromatic carbocycles. The van der Waals surface area contributed by atoms with E-state index in [0.29, 0.717) is 0 Å². The van der Waals surface area contributed by atoms with Crippen molar-refractivity contribution in [1.29, 1.82) is 5.26 Å². The molecule has 5 nitrogen and oxygen atoms in total. The number of carboxylic acid groups (broad SMARTS) is 1. The maximum Gasteiger partial charge on any atom is 0.336 e. The number of halogens is 1. The van der Waals surface area contributed by atoms with Crippen LogP contribution in [0.5, 0.6) is 0 Å². The Balaban J connectivity index is 3.23. The fourth-order valence-corrected chi connectivity index (χ4v) is 1.38. The van der Waals surface area contributed by atoms with Crippen LogP contribution in [0.1, 0.15) is 22.0 Å². The van der Waals surface area contributed by atoms with E-state index in [0.717, 1.165) is 6.07 Å². The number of aliphatic hydroxyl groups excluding tert-OH is 2. The molecule has 0 heterocycles. The maximum absolute atomic E-state index is 10.9. The first-order chi connectivity index (χ1) is 7.47. The van der Waals surface area contributed by atoms with Crippen LogP contribution in [-0.4, -0.2) is 27.4 Å². The number of carboxylic acids is 1. The Bertz CT molecular complexity index is 455. The molecular formula is C10H8ClNO4. The lowest BCUT2D eigenvalue weighted by Crippen LogP contribution is -2.18. The van der Waals surface area contributed by atoms with Gasteiger partial charge in [-0.1, -0.05) is 17.7 Å². The minimum atomic E-state index is -1.68. The Morgan fingerprint density at radius 3 is 2.56 bits per heavy atom. The number of nitrogens with zero attached hydrogens (tertiary/aromatic N) is 1. The summed E-state index contributed by atoms with van der Waals surface area (Å²) in [5.41, 5.74) is -0.291. The van der Waals surface area contributed by atoms with Gasteiger partial charge >= 0.3 is 5.97 Å². The molecule has 6 heteroatoms. The zero-order valence-electron chi connectivity index (χ0n) is 7.96. The van der Waals surface area contributed by atoms with Gasteiger partial charge in [-0.2, -0.15) is 5.26 Å². The van der Waals surface area contributed by atoms with Gasteiger partial charge < -0.3 is 15.3 Å². The summed E-state index contributed by atoms with van der Waals surface area (Å²) in [7, 11) is 0. The van der Waals surface area contributed by atoms with Crippen molar-refractivity contribution in [3.05, 3.63) is 34.3 Å². The van der Waals surface area contributed by atoms with Crippen LogP contribution in [0.4, 0.5) is 0 Å². The summed E-state index contributed by atoms with van der Waals surface area (Å²) < 4.78 is 0. The second-order valence-electron chi connectivity index (χ2n) is 3.06. The van der Waals surface area contributed by atoms with Gasteiger partial charge in [0.2, 0.25) is 0 Å². The molecule has 0 bridgehead atoms. The van der Waals surface area contributed by atoms with E-state index in [1.54, 1.807) is 0 Å². The largest absolute Gasteiger partial charge is 0.478 e. The Morgan fingerprint density at radius 1 is 1.44 bits per heavy atom. The van der Waals surface area contributed by atoms with Crippen molar-refractivity contribution in [2.24, 2.45) is 0 Å². The van der Waals surface area contributed by atoms with Crippen LogP contribution < -0.4 is 0 Å². The van der Waals surface area contributed by atoms with E-state index in [1.807, 2.05) is 0 Å². The van der Waals surface area contributed by atoms with Gasteiger partial charge in [-0.15, -0.1) is 0 Å².